The minimum Gasteiger partial charge on any atom is -0.376 e. The smallest absolute Gasteiger partial charge is 0.242 e. The van der Waals surface area contributed by atoms with E-state index >= 15 is 0 Å². The highest BCUT2D eigenvalue weighted by Crippen LogP contribution is 2.23. The van der Waals surface area contributed by atoms with Crippen LogP contribution in [0.2, 0.25) is 0 Å². The minimum atomic E-state index is -0.525. The number of amides is 2. The van der Waals surface area contributed by atoms with Gasteiger partial charge in [-0.3, -0.25) is 9.59 Å². The molecule has 0 radical (unpaired) electrons. The molecule has 2 heterocycles. The maximum absolute atomic E-state index is 13.8. The number of carbonyl (C=O) groups excluding carboxylic acids is 2. The number of halogens is 1. The second-order valence-corrected chi connectivity index (χ2v) is 6.05. The molecule has 3 rings (SSSR count). The van der Waals surface area contributed by atoms with Crippen LogP contribution >= 0.6 is 0 Å². The number of hydrogen-bond acceptors (Lipinski definition) is 3. The Kier molecular flexibility index (Phi) is 4.91. The van der Waals surface area contributed by atoms with Crippen molar-refractivity contribution in [3.8, 4) is 0 Å². The lowest BCUT2D eigenvalue weighted by molar-refractivity contribution is -0.136. The van der Waals surface area contributed by atoms with Gasteiger partial charge in [-0.25, -0.2) is 4.39 Å². The fourth-order valence-electron chi connectivity index (χ4n) is 3.15. The standard InChI is InChI=1S/C17H21FN2O3/c18-14-6-2-1-4-12(14)11-20-15(7-8-16(20)21)17(22)19-10-13-5-3-9-23-13/h1-2,4,6,13,15H,3,5,7-11H2,(H,19,22). The van der Waals surface area contributed by atoms with Crippen molar-refractivity contribution in [1.29, 1.82) is 0 Å². The molecule has 0 bridgehead atoms. The van der Waals surface area contributed by atoms with Gasteiger partial charge in [-0.1, -0.05) is 18.2 Å². The van der Waals surface area contributed by atoms with Crippen molar-refractivity contribution in [2.45, 2.75) is 44.4 Å². The Bertz CT molecular complexity index is 587. The molecule has 2 amide bonds. The molecule has 1 aromatic rings. The molecule has 0 saturated carbocycles. The van der Waals surface area contributed by atoms with Crippen LogP contribution in [-0.2, 0) is 20.9 Å². The zero-order valence-electron chi connectivity index (χ0n) is 13.0. The van der Waals surface area contributed by atoms with E-state index in [4.69, 9.17) is 4.74 Å². The SMILES string of the molecule is O=C(NCC1CCCO1)C1CCC(=O)N1Cc1ccccc1F. The van der Waals surface area contributed by atoms with Crippen LogP contribution in [0.5, 0.6) is 0 Å². The summed E-state index contributed by atoms with van der Waals surface area (Å²) in [6.07, 6.45) is 2.83. The Hall–Kier alpha value is -1.95. The molecule has 0 aromatic heterocycles. The quantitative estimate of drug-likeness (QED) is 0.897. The van der Waals surface area contributed by atoms with Gasteiger partial charge in [-0.2, -0.15) is 0 Å². The second kappa shape index (κ2) is 7.08. The molecule has 6 heteroatoms. The van der Waals surface area contributed by atoms with E-state index in [2.05, 4.69) is 5.32 Å². The predicted molar refractivity (Wildman–Crippen MR) is 82.0 cm³/mol. The molecular weight excluding hydrogens is 299 g/mol. The third-order valence-corrected chi connectivity index (χ3v) is 4.46. The largest absolute Gasteiger partial charge is 0.376 e. The molecule has 2 saturated heterocycles. The van der Waals surface area contributed by atoms with Crippen LogP contribution in [0.15, 0.2) is 24.3 Å². The first-order chi connectivity index (χ1) is 11.1. The lowest BCUT2D eigenvalue weighted by atomic mass is 10.1. The van der Waals surface area contributed by atoms with Gasteiger partial charge in [0.1, 0.15) is 11.9 Å². The zero-order valence-corrected chi connectivity index (χ0v) is 13.0. The Morgan fingerprint density at radius 1 is 1.35 bits per heavy atom. The van der Waals surface area contributed by atoms with E-state index in [-0.39, 0.29) is 30.3 Å². The fourth-order valence-corrected chi connectivity index (χ4v) is 3.15. The van der Waals surface area contributed by atoms with Crippen LogP contribution < -0.4 is 5.32 Å². The molecule has 2 aliphatic rings. The van der Waals surface area contributed by atoms with Gasteiger partial charge >= 0.3 is 0 Å². The first-order valence-corrected chi connectivity index (χ1v) is 8.07. The molecule has 5 nitrogen and oxygen atoms in total. The molecule has 1 aromatic carbocycles. The Labute approximate surface area is 134 Å². The van der Waals surface area contributed by atoms with Gasteiger partial charge in [0.25, 0.3) is 0 Å². The van der Waals surface area contributed by atoms with Gasteiger partial charge in [0, 0.05) is 31.7 Å². The highest BCUT2D eigenvalue weighted by atomic mass is 19.1. The number of carbonyl (C=O) groups is 2. The highest BCUT2D eigenvalue weighted by molar-refractivity contribution is 5.90. The van der Waals surface area contributed by atoms with Crippen molar-refractivity contribution in [3.63, 3.8) is 0 Å². The Morgan fingerprint density at radius 3 is 2.91 bits per heavy atom. The Balaban J connectivity index is 1.62. The average Bonchev–Trinajstić information content (AvgIpc) is 3.18. The van der Waals surface area contributed by atoms with Crippen molar-refractivity contribution in [3.05, 3.63) is 35.6 Å². The molecule has 1 N–H and O–H groups in total. The summed E-state index contributed by atoms with van der Waals surface area (Å²) in [6, 6.07) is 5.82. The van der Waals surface area contributed by atoms with Crippen LogP contribution in [-0.4, -0.2) is 42.0 Å². The highest BCUT2D eigenvalue weighted by Gasteiger charge is 2.36. The van der Waals surface area contributed by atoms with Gasteiger partial charge in [0.15, 0.2) is 0 Å². The van der Waals surface area contributed by atoms with Crippen LogP contribution in [0.4, 0.5) is 4.39 Å². The summed E-state index contributed by atoms with van der Waals surface area (Å²) in [5, 5.41) is 2.87. The van der Waals surface area contributed by atoms with Crippen molar-refractivity contribution >= 4 is 11.8 Å². The maximum atomic E-state index is 13.8. The molecule has 2 fully saturated rings. The van der Waals surface area contributed by atoms with Gasteiger partial charge in [-0.15, -0.1) is 0 Å². The maximum Gasteiger partial charge on any atom is 0.242 e. The van der Waals surface area contributed by atoms with E-state index in [1.807, 2.05) is 0 Å². The van der Waals surface area contributed by atoms with E-state index in [1.165, 1.54) is 11.0 Å². The van der Waals surface area contributed by atoms with Gasteiger partial charge in [0.05, 0.1) is 6.10 Å². The van der Waals surface area contributed by atoms with Crippen molar-refractivity contribution in [2.24, 2.45) is 0 Å². The van der Waals surface area contributed by atoms with Gasteiger partial charge < -0.3 is 15.0 Å². The van der Waals surface area contributed by atoms with E-state index < -0.39 is 6.04 Å². The summed E-state index contributed by atoms with van der Waals surface area (Å²) >= 11 is 0. The van der Waals surface area contributed by atoms with Gasteiger partial charge in [0.2, 0.25) is 11.8 Å². The van der Waals surface area contributed by atoms with Crippen LogP contribution in [0.1, 0.15) is 31.2 Å². The molecule has 2 atom stereocenters. The first kappa shape index (κ1) is 15.9. The van der Waals surface area contributed by atoms with Crippen LogP contribution in [0.25, 0.3) is 0 Å². The lowest BCUT2D eigenvalue weighted by Gasteiger charge is -2.25. The molecule has 2 aliphatic heterocycles. The van der Waals surface area contributed by atoms with E-state index in [0.29, 0.717) is 24.9 Å². The number of likely N-dealkylation sites (tertiary alicyclic amines) is 1. The molecule has 23 heavy (non-hydrogen) atoms. The molecular formula is C17H21FN2O3. The van der Waals surface area contributed by atoms with E-state index in [9.17, 15) is 14.0 Å². The first-order valence-electron chi connectivity index (χ1n) is 8.07. The number of nitrogens with zero attached hydrogens (tertiary/aromatic N) is 1. The summed E-state index contributed by atoms with van der Waals surface area (Å²) in [6.45, 7) is 1.34. The monoisotopic (exact) mass is 320 g/mol. The summed E-state index contributed by atoms with van der Waals surface area (Å²) in [5.74, 6) is -0.640. The third kappa shape index (κ3) is 3.69. The lowest BCUT2D eigenvalue weighted by Crippen LogP contribution is -2.46. The molecule has 124 valence electrons. The second-order valence-electron chi connectivity index (χ2n) is 6.05. The number of nitrogens with one attached hydrogen (secondary N) is 1. The minimum absolute atomic E-state index is 0.0658. The van der Waals surface area contributed by atoms with Gasteiger partial charge in [-0.05, 0) is 25.3 Å². The summed E-state index contributed by atoms with van der Waals surface area (Å²) in [4.78, 5) is 25.9. The van der Waals surface area contributed by atoms with Crippen molar-refractivity contribution in [2.75, 3.05) is 13.2 Å². The summed E-state index contributed by atoms with van der Waals surface area (Å²) in [5.41, 5.74) is 0.430. The molecule has 2 unspecified atom stereocenters. The van der Waals surface area contributed by atoms with E-state index in [1.54, 1.807) is 18.2 Å². The number of hydrogen-bond donors (Lipinski definition) is 1. The Morgan fingerprint density at radius 2 is 2.17 bits per heavy atom. The van der Waals surface area contributed by atoms with Crippen LogP contribution in [0.3, 0.4) is 0 Å². The molecule has 0 aliphatic carbocycles. The zero-order chi connectivity index (χ0) is 16.2. The average molecular weight is 320 g/mol. The number of ether oxygens (including phenoxy) is 1. The van der Waals surface area contributed by atoms with Crippen LogP contribution in [0, 0.1) is 5.82 Å². The third-order valence-electron chi connectivity index (χ3n) is 4.46. The van der Waals surface area contributed by atoms with Crippen molar-refractivity contribution in [1.82, 2.24) is 10.2 Å². The topological polar surface area (TPSA) is 58.6 Å². The van der Waals surface area contributed by atoms with Crippen molar-refractivity contribution < 1.29 is 18.7 Å². The fraction of sp³-hybridized carbons (Fsp3) is 0.529. The summed E-state index contributed by atoms with van der Waals surface area (Å²) in [7, 11) is 0. The number of rotatable bonds is 5. The summed E-state index contributed by atoms with van der Waals surface area (Å²) < 4.78 is 19.3. The predicted octanol–water partition coefficient (Wildman–Crippen LogP) is 1.61. The number of benzene rings is 1. The molecule has 0 spiro atoms. The normalized spacial score (nSPS) is 24.2. The van der Waals surface area contributed by atoms with E-state index in [0.717, 1.165) is 19.4 Å².